The van der Waals surface area contributed by atoms with Crippen molar-refractivity contribution < 1.29 is 36.4 Å². The summed E-state index contributed by atoms with van der Waals surface area (Å²) in [4.78, 5) is 12.0. The number of rotatable bonds is 8. The Kier molecular flexibility index (Phi) is 5.91. The Labute approximate surface area is 171 Å². The van der Waals surface area contributed by atoms with Gasteiger partial charge in [-0.2, -0.15) is 0 Å². The predicted octanol–water partition coefficient (Wildman–Crippen LogP) is 1.47. The largest absolute Gasteiger partial charge is 0.493 e. The zero-order valence-electron chi connectivity index (χ0n) is 16.5. The molecule has 13 heteroatoms. The van der Waals surface area contributed by atoms with Crippen molar-refractivity contribution in [2.75, 3.05) is 32.4 Å². The Balaban J connectivity index is 1.83. The van der Waals surface area contributed by atoms with Gasteiger partial charge in [0.05, 0.1) is 21.3 Å². The van der Waals surface area contributed by atoms with Gasteiger partial charge in [0, 0.05) is 11.6 Å². The molecule has 0 atom stereocenters. The first kappa shape index (κ1) is 21.1. The summed E-state index contributed by atoms with van der Waals surface area (Å²) < 4.78 is 50.7. The summed E-state index contributed by atoms with van der Waals surface area (Å²) in [5.41, 5.74) is 0.334. The molecule has 0 unspecified atom stereocenters. The molecule has 3 aromatic rings. The first-order valence-corrected chi connectivity index (χ1v) is 10.0. The van der Waals surface area contributed by atoms with Crippen LogP contribution in [0.3, 0.4) is 0 Å². The molecule has 30 heavy (non-hydrogen) atoms. The van der Waals surface area contributed by atoms with Crippen molar-refractivity contribution in [1.82, 2.24) is 15.4 Å². The predicted molar refractivity (Wildman–Crippen MR) is 101 cm³/mol. The lowest BCUT2D eigenvalue weighted by atomic mass is 10.2. The zero-order valence-corrected chi connectivity index (χ0v) is 17.3. The lowest BCUT2D eigenvalue weighted by Crippen LogP contribution is -2.23. The smallest absolute Gasteiger partial charge is 0.336 e. The van der Waals surface area contributed by atoms with E-state index in [2.05, 4.69) is 20.7 Å². The minimum atomic E-state index is -4.20. The third-order valence-electron chi connectivity index (χ3n) is 3.80. The highest BCUT2D eigenvalue weighted by molar-refractivity contribution is 7.91. The van der Waals surface area contributed by atoms with Gasteiger partial charge in [0.1, 0.15) is 11.5 Å². The van der Waals surface area contributed by atoms with Crippen molar-refractivity contribution in [1.29, 1.82) is 0 Å². The maximum atomic E-state index is 12.5. The summed E-state index contributed by atoms with van der Waals surface area (Å²) in [6.45, 7) is 1.63. The lowest BCUT2D eigenvalue weighted by molar-refractivity contribution is -0.113. The number of nitrogens with one attached hydrogen (secondary N) is 1. The first-order chi connectivity index (χ1) is 14.3. The van der Waals surface area contributed by atoms with E-state index >= 15 is 0 Å². The molecule has 3 rings (SSSR count). The number of anilines is 1. The highest BCUT2D eigenvalue weighted by Crippen LogP contribution is 2.41. The first-order valence-electron chi connectivity index (χ1n) is 8.37. The van der Waals surface area contributed by atoms with Gasteiger partial charge in [-0.3, -0.25) is 4.79 Å². The van der Waals surface area contributed by atoms with E-state index in [9.17, 15) is 13.2 Å². The molecule has 12 nitrogen and oxygen atoms in total. The number of sulfone groups is 1. The van der Waals surface area contributed by atoms with E-state index in [-0.39, 0.29) is 11.7 Å². The van der Waals surface area contributed by atoms with Gasteiger partial charge in [-0.15, -0.1) is 5.10 Å². The molecule has 2 heterocycles. The van der Waals surface area contributed by atoms with Gasteiger partial charge in [0.15, 0.2) is 17.3 Å². The molecule has 1 amide bonds. The number of ether oxygens (including phenoxy) is 3. The number of aryl methyl sites for hydroxylation is 1. The van der Waals surface area contributed by atoms with Crippen LogP contribution in [0.25, 0.3) is 11.5 Å². The number of benzene rings is 1. The molecular weight excluding hydrogens is 420 g/mol. The number of hydrogen-bond donors (Lipinski definition) is 1. The molecule has 2 aromatic heterocycles. The highest BCUT2D eigenvalue weighted by Gasteiger charge is 2.27. The normalized spacial score (nSPS) is 11.2. The van der Waals surface area contributed by atoms with Crippen LogP contribution in [0.5, 0.6) is 17.2 Å². The summed E-state index contributed by atoms with van der Waals surface area (Å²) >= 11 is 0. The second kappa shape index (κ2) is 8.41. The van der Waals surface area contributed by atoms with Gasteiger partial charge in [0.2, 0.25) is 27.4 Å². The maximum absolute atomic E-state index is 12.5. The molecular formula is C17H18N4O8S. The molecule has 160 valence electrons. The standard InChI is InChI=1S/C17H18N4O8S/c1-9-5-13(21-29-9)18-14(22)8-30(23,24)17-20-19-16(28-17)10-6-11(25-2)15(27-4)12(7-10)26-3/h5-7H,8H2,1-4H3,(H,18,21,22). The van der Waals surface area contributed by atoms with Gasteiger partial charge in [0.25, 0.3) is 0 Å². The zero-order chi connectivity index (χ0) is 21.9. The number of methoxy groups -OCH3 is 3. The van der Waals surface area contributed by atoms with Gasteiger partial charge in [-0.05, 0) is 19.1 Å². The summed E-state index contributed by atoms with van der Waals surface area (Å²) in [6.07, 6.45) is 0. The van der Waals surface area contributed by atoms with Crippen molar-refractivity contribution in [2.45, 2.75) is 12.1 Å². The van der Waals surface area contributed by atoms with Crippen LogP contribution in [-0.4, -0.2) is 56.8 Å². The molecule has 1 aromatic carbocycles. The topological polar surface area (TPSA) is 156 Å². The minimum absolute atomic E-state index is 0.0938. The fourth-order valence-electron chi connectivity index (χ4n) is 2.50. The van der Waals surface area contributed by atoms with Gasteiger partial charge >= 0.3 is 5.22 Å². The van der Waals surface area contributed by atoms with Gasteiger partial charge < -0.3 is 28.5 Å². The molecule has 0 saturated carbocycles. The van der Waals surface area contributed by atoms with Crippen molar-refractivity contribution in [3.63, 3.8) is 0 Å². The van der Waals surface area contributed by atoms with Crippen molar-refractivity contribution in [3.05, 3.63) is 24.0 Å². The number of carbonyl (C=O) groups excluding carboxylic acids is 1. The molecule has 0 radical (unpaired) electrons. The second-order valence-electron chi connectivity index (χ2n) is 5.92. The van der Waals surface area contributed by atoms with Crippen LogP contribution in [0, 0.1) is 6.92 Å². The molecule has 0 saturated heterocycles. The lowest BCUT2D eigenvalue weighted by Gasteiger charge is -2.12. The third-order valence-corrected chi connectivity index (χ3v) is 5.14. The summed E-state index contributed by atoms with van der Waals surface area (Å²) in [5, 5.41) is 12.5. The molecule has 0 aliphatic carbocycles. The number of nitrogens with zero attached hydrogens (tertiary/aromatic N) is 3. The van der Waals surface area contributed by atoms with Gasteiger partial charge in [-0.25, -0.2) is 8.42 Å². The highest BCUT2D eigenvalue weighted by atomic mass is 32.2. The van der Waals surface area contributed by atoms with E-state index in [0.717, 1.165) is 0 Å². The summed E-state index contributed by atoms with van der Waals surface area (Å²) in [6, 6.07) is 4.48. The molecule has 0 fully saturated rings. The van der Waals surface area contributed by atoms with E-state index in [1.807, 2.05) is 0 Å². The van der Waals surface area contributed by atoms with Crippen LogP contribution in [0.15, 0.2) is 32.4 Å². The van der Waals surface area contributed by atoms with E-state index in [0.29, 0.717) is 28.6 Å². The van der Waals surface area contributed by atoms with E-state index in [1.54, 1.807) is 6.92 Å². The Morgan fingerprint density at radius 2 is 1.73 bits per heavy atom. The van der Waals surface area contributed by atoms with Crippen LogP contribution >= 0.6 is 0 Å². The van der Waals surface area contributed by atoms with Crippen LogP contribution < -0.4 is 19.5 Å². The van der Waals surface area contributed by atoms with Crippen molar-refractivity contribution >= 4 is 21.6 Å². The number of hydrogen-bond acceptors (Lipinski definition) is 11. The van der Waals surface area contributed by atoms with Crippen LogP contribution in [0.4, 0.5) is 5.82 Å². The van der Waals surface area contributed by atoms with Gasteiger partial charge in [-0.1, -0.05) is 10.3 Å². The van der Waals surface area contributed by atoms with Crippen LogP contribution in [-0.2, 0) is 14.6 Å². The number of carbonyl (C=O) groups is 1. The van der Waals surface area contributed by atoms with Crippen LogP contribution in [0.1, 0.15) is 5.76 Å². The second-order valence-corrected chi connectivity index (χ2v) is 7.78. The molecule has 0 aliphatic rings. The van der Waals surface area contributed by atoms with Crippen molar-refractivity contribution in [3.8, 4) is 28.7 Å². The van der Waals surface area contributed by atoms with Crippen molar-refractivity contribution in [2.24, 2.45) is 0 Å². The maximum Gasteiger partial charge on any atom is 0.336 e. The molecule has 1 N–H and O–H groups in total. The number of amides is 1. The molecule has 0 spiro atoms. The van der Waals surface area contributed by atoms with E-state index < -0.39 is 26.7 Å². The Bertz CT molecular complexity index is 1140. The monoisotopic (exact) mass is 438 g/mol. The summed E-state index contributed by atoms with van der Waals surface area (Å²) in [7, 11) is 0.106. The fourth-order valence-corrected chi connectivity index (χ4v) is 3.41. The van der Waals surface area contributed by atoms with E-state index in [4.69, 9.17) is 23.2 Å². The average molecular weight is 438 g/mol. The quantitative estimate of drug-likeness (QED) is 0.543. The molecule has 0 bridgehead atoms. The van der Waals surface area contributed by atoms with E-state index in [1.165, 1.54) is 39.5 Å². The Hall–Kier alpha value is -3.61. The fraction of sp³-hybridized carbons (Fsp3) is 0.294. The average Bonchev–Trinajstić information content (AvgIpc) is 3.36. The van der Waals surface area contributed by atoms with Crippen LogP contribution in [0.2, 0.25) is 0 Å². The number of aromatic nitrogens is 3. The summed E-state index contributed by atoms with van der Waals surface area (Å²) in [5.74, 6) is -0.340. The molecule has 0 aliphatic heterocycles. The Morgan fingerprint density at radius 1 is 1.07 bits per heavy atom. The Morgan fingerprint density at radius 3 is 2.27 bits per heavy atom. The SMILES string of the molecule is COc1cc(-c2nnc(S(=O)(=O)CC(=O)Nc3cc(C)on3)o2)cc(OC)c1OC. The third kappa shape index (κ3) is 4.35. The minimum Gasteiger partial charge on any atom is -0.493 e.